The molecule has 7 nitrogen and oxygen atoms in total. The summed E-state index contributed by atoms with van der Waals surface area (Å²) in [5.41, 5.74) is 8.77. The van der Waals surface area contributed by atoms with Crippen LogP contribution in [0.2, 0.25) is 0 Å². The molecule has 1 aliphatic heterocycles. The molecule has 1 aromatic heterocycles. The monoisotopic (exact) mass is 638 g/mol. The second kappa shape index (κ2) is 13.4. The van der Waals surface area contributed by atoms with Crippen molar-refractivity contribution in [1.29, 1.82) is 0 Å². The standard InChI is InChI=1S/C35H39BrN6O/c1-24-20-25(8-13-32(24)36)21-33(43)39-28-11-9-26(10-12-28)31-22-27-23-38-35(40-34(27)30-7-4-3-6-29(30)31)37-14-5-15-42-18-16-41(2)17-19-42/h3-4,6-13,20,23,31H,5,14-19,21-22H2,1-2H3,(H,39,43)(H,37,38,40). The number of nitrogens with zero attached hydrogens (tertiary/aromatic N) is 4. The predicted octanol–water partition coefficient (Wildman–Crippen LogP) is 6.13. The molecule has 0 radical (unpaired) electrons. The van der Waals surface area contributed by atoms with Crippen LogP contribution in [-0.2, 0) is 17.6 Å². The molecule has 0 spiro atoms. The van der Waals surface area contributed by atoms with Gasteiger partial charge < -0.3 is 20.4 Å². The third-order valence-corrected chi connectivity index (χ3v) is 9.48. The number of rotatable bonds is 9. The van der Waals surface area contributed by atoms with Gasteiger partial charge in [0.2, 0.25) is 11.9 Å². The van der Waals surface area contributed by atoms with E-state index >= 15 is 0 Å². The molecular formula is C35H39BrN6O. The van der Waals surface area contributed by atoms with E-state index in [0.717, 1.165) is 84.7 Å². The van der Waals surface area contributed by atoms with Crippen LogP contribution < -0.4 is 10.6 Å². The quantitative estimate of drug-likeness (QED) is 0.215. The number of piperazine rings is 1. The van der Waals surface area contributed by atoms with Gasteiger partial charge in [-0.25, -0.2) is 9.97 Å². The first-order valence-corrected chi connectivity index (χ1v) is 16.0. The van der Waals surface area contributed by atoms with Crippen molar-refractivity contribution in [2.45, 2.75) is 32.1 Å². The molecule has 6 rings (SSSR count). The number of hydrogen-bond donors (Lipinski definition) is 2. The van der Waals surface area contributed by atoms with Gasteiger partial charge in [-0.3, -0.25) is 4.79 Å². The van der Waals surface area contributed by atoms with E-state index in [-0.39, 0.29) is 11.8 Å². The first-order chi connectivity index (χ1) is 20.9. The second-order valence-electron chi connectivity index (χ2n) is 11.8. The molecule has 0 saturated carbocycles. The summed E-state index contributed by atoms with van der Waals surface area (Å²) in [6.45, 7) is 8.59. The normalized spacial score (nSPS) is 16.8. The third-order valence-electron chi connectivity index (χ3n) is 8.59. The lowest BCUT2D eigenvalue weighted by atomic mass is 9.78. The van der Waals surface area contributed by atoms with Crippen molar-refractivity contribution in [2.24, 2.45) is 0 Å². The van der Waals surface area contributed by atoms with E-state index in [9.17, 15) is 4.79 Å². The number of benzene rings is 3. The van der Waals surface area contributed by atoms with Crippen molar-refractivity contribution in [3.8, 4) is 11.3 Å². The Morgan fingerprint density at radius 3 is 2.60 bits per heavy atom. The summed E-state index contributed by atoms with van der Waals surface area (Å²) in [7, 11) is 2.19. The summed E-state index contributed by atoms with van der Waals surface area (Å²) in [6, 6.07) is 22.9. The molecule has 0 bridgehead atoms. The molecule has 2 heterocycles. The second-order valence-corrected chi connectivity index (χ2v) is 12.6. The molecule has 1 aliphatic carbocycles. The Bertz CT molecular complexity index is 1580. The van der Waals surface area contributed by atoms with E-state index < -0.39 is 0 Å². The number of carbonyl (C=O) groups is 1. The Balaban J connectivity index is 1.09. The summed E-state index contributed by atoms with van der Waals surface area (Å²) in [5, 5.41) is 6.52. The summed E-state index contributed by atoms with van der Waals surface area (Å²) in [6.07, 6.45) is 4.25. The Morgan fingerprint density at radius 2 is 1.81 bits per heavy atom. The van der Waals surface area contributed by atoms with Crippen LogP contribution in [0.3, 0.4) is 0 Å². The highest BCUT2D eigenvalue weighted by atomic mass is 79.9. The smallest absolute Gasteiger partial charge is 0.228 e. The number of carbonyl (C=O) groups excluding carboxylic acids is 1. The minimum atomic E-state index is -0.0210. The zero-order valence-electron chi connectivity index (χ0n) is 24.9. The van der Waals surface area contributed by atoms with Crippen LogP contribution >= 0.6 is 15.9 Å². The molecule has 3 aromatic carbocycles. The number of anilines is 2. The summed E-state index contributed by atoms with van der Waals surface area (Å²) >= 11 is 3.52. The lowest BCUT2D eigenvalue weighted by molar-refractivity contribution is -0.115. The maximum absolute atomic E-state index is 12.7. The highest BCUT2D eigenvalue weighted by molar-refractivity contribution is 9.10. The average Bonchev–Trinajstić information content (AvgIpc) is 3.02. The van der Waals surface area contributed by atoms with E-state index in [1.165, 1.54) is 16.7 Å². The maximum Gasteiger partial charge on any atom is 0.228 e. The van der Waals surface area contributed by atoms with Crippen LogP contribution in [0, 0.1) is 6.92 Å². The van der Waals surface area contributed by atoms with Crippen molar-refractivity contribution in [2.75, 3.05) is 56.9 Å². The molecule has 8 heteroatoms. The summed E-state index contributed by atoms with van der Waals surface area (Å²) < 4.78 is 1.05. The van der Waals surface area contributed by atoms with Crippen LogP contribution in [0.5, 0.6) is 0 Å². The van der Waals surface area contributed by atoms with Crippen molar-refractivity contribution >= 4 is 33.5 Å². The summed E-state index contributed by atoms with van der Waals surface area (Å²) in [4.78, 5) is 27.3. The fourth-order valence-corrected chi connectivity index (χ4v) is 6.35. The topological polar surface area (TPSA) is 73.4 Å². The van der Waals surface area contributed by atoms with Gasteiger partial charge in [-0.05, 0) is 79.4 Å². The first kappa shape index (κ1) is 29.5. The number of likely N-dealkylation sites (N-methyl/N-ethyl adjacent to an activating group) is 1. The SMILES string of the molecule is Cc1cc(CC(=O)Nc2ccc(C3Cc4cnc(NCCCN5CCN(C)CC5)nc4-c4ccccc43)cc2)ccc1Br. The zero-order valence-corrected chi connectivity index (χ0v) is 26.5. The highest BCUT2D eigenvalue weighted by Gasteiger charge is 2.27. The Labute approximate surface area is 262 Å². The highest BCUT2D eigenvalue weighted by Crippen LogP contribution is 2.42. The lowest BCUT2D eigenvalue weighted by Crippen LogP contribution is -2.44. The van der Waals surface area contributed by atoms with Gasteiger partial charge >= 0.3 is 0 Å². The van der Waals surface area contributed by atoms with Crippen LogP contribution in [0.15, 0.2) is 77.4 Å². The largest absolute Gasteiger partial charge is 0.354 e. The van der Waals surface area contributed by atoms with Gasteiger partial charge in [0, 0.05) is 60.6 Å². The number of aromatic nitrogens is 2. The predicted molar refractivity (Wildman–Crippen MR) is 178 cm³/mol. The minimum absolute atomic E-state index is 0.0210. The van der Waals surface area contributed by atoms with E-state index in [1.54, 1.807) is 0 Å². The molecule has 1 unspecified atom stereocenters. The Morgan fingerprint density at radius 1 is 1.02 bits per heavy atom. The number of aryl methyl sites for hydroxylation is 1. The van der Waals surface area contributed by atoms with Crippen LogP contribution in [-0.4, -0.2) is 72.0 Å². The molecule has 1 fully saturated rings. The molecular weight excluding hydrogens is 600 g/mol. The van der Waals surface area contributed by atoms with Crippen molar-refractivity contribution in [3.05, 3.63) is 105 Å². The molecule has 2 N–H and O–H groups in total. The molecule has 222 valence electrons. The maximum atomic E-state index is 12.7. The van der Waals surface area contributed by atoms with Gasteiger partial charge in [-0.2, -0.15) is 0 Å². The number of hydrogen-bond acceptors (Lipinski definition) is 6. The number of fused-ring (bicyclic) bond motifs is 3. The van der Waals surface area contributed by atoms with E-state index in [0.29, 0.717) is 12.4 Å². The lowest BCUT2D eigenvalue weighted by Gasteiger charge is -2.32. The van der Waals surface area contributed by atoms with Gasteiger partial charge in [-0.15, -0.1) is 0 Å². The average molecular weight is 640 g/mol. The van der Waals surface area contributed by atoms with Gasteiger partial charge in [0.25, 0.3) is 0 Å². The molecule has 1 atom stereocenters. The van der Waals surface area contributed by atoms with E-state index in [2.05, 4.69) is 84.8 Å². The molecule has 4 aromatic rings. The van der Waals surface area contributed by atoms with E-state index in [1.807, 2.05) is 43.5 Å². The Hall–Kier alpha value is -3.59. The van der Waals surface area contributed by atoms with E-state index in [4.69, 9.17) is 4.98 Å². The van der Waals surface area contributed by atoms with Crippen molar-refractivity contribution < 1.29 is 4.79 Å². The fraction of sp³-hybridized carbons (Fsp3) is 0.343. The van der Waals surface area contributed by atoms with Crippen LogP contribution in [0.4, 0.5) is 11.6 Å². The zero-order chi connectivity index (χ0) is 29.8. The van der Waals surface area contributed by atoms with Crippen LogP contribution in [0.25, 0.3) is 11.3 Å². The van der Waals surface area contributed by atoms with Crippen molar-refractivity contribution in [3.63, 3.8) is 0 Å². The first-order valence-electron chi connectivity index (χ1n) is 15.2. The minimum Gasteiger partial charge on any atom is -0.354 e. The van der Waals surface area contributed by atoms with Crippen molar-refractivity contribution in [1.82, 2.24) is 19.8 Å². The van der Waals surface area contributed by atoms with Gasteiger partial charge in [0.1, 0.15) is 0 Å². The number of nitrogens with one attached hydrogen (secondary N) is 2. The molecule has 1 saturated heterocycles. The molecule has 2 aliphatic rings. The summed E-state index contributed by atoms with van der Waals surface area (Å²) in [5.74, 6) is 0.876. The van der Waals surface area contributed by atoms with Crippen LogP contribution in [0.1, 0.15) is 40.2 Å². The third kappa shape index (κ3) is 7.15. The number of halogens is 1. The Kier molecular flexibility index (Phi) is 9.17. The van der Waals surface area contributed by atoms with Gasteiger partial charge in [0.15, 0.2) is 0 Å². The molecule has 43 heavy (non-hydrogen) atoms. The fourth-order valence-electron chi connectivity index (χ4n) is 6.10. The van der Waals surface area contributed by atoms with Gasteiger partial charge in [-0.1, -0.05) is 64.5 Å². The van der Waals surface area contributed by atoms with Gasteiger partial charge in [0.05, 0.1) is 12.1 Å². The molecule has 1 amide bonds. The number of amides is 1.